The number of piperazine rings is 1. The zero-order valence-corrected chi connectivity index (χ0v) is 19.9. The molecule has 2 heterocycles. The van der Waals surface area contributed by atoms with E-state index in [2.05, 4.69) is 22.1 Å². The second kappa shape index (κ2) is 11.8. The molecule has 0 aliphatic carbocycles. The Labute approximate surface area is 191 Å². The molecule has 2 aromatic rings. The lowest BCUT2D eigenvalue weighted by atomic mass is 10.0. The molecule has 2 atom stereocenters. The number of nitrogens with zero attached hydrogens (tertiary/aromatic N) is 3. The number of hydrogen-bond donors (Lipinski definition) is 1. The Balaban J connectivity index is 1.92. The second-order valence-corrected chi connectivity index (χ2v) is 10.5. The van der Waals surface area contributed by atoms with Gasteiger partial charge in [0.25, 0.3) is 0 Å². The monoisotopic (exact) mass is 462 g/mol. The van der Waals surface area contributed by atoms with Crippen LogP contribution in [-0.2, 0) is 16.4 Å². The highest BCUT2D eigenvalue weighted by Gasteiger charge is 2.38. The molecule has 0 radical (unpaired) electrons. The molecule has 32 heavy (non-hydrogen) atoms. The van der Waals surface area contributed by atoms with Crippen LogP contribution in [0.1, 0.15) is 49.9 Å². The van der Waals surface area contributed by atoms with Crippen molar-refractivity contribution < 1.29 is 12.8 Å². The molecule has 1 N–H and O–H groups in total. The first kappa shape index (κ1) is 24.8. The molecule has 1 aromatic heterocycles. The maximum Gasteiger partial charge on any atom is 0.230 e. The first-order valence-corrected chi connectivity index (χ1v) is 13.0. The van der Waals surface area contributed by atoms with Crippen molar-refractivity contribution in [3.8, 4) is 0 Å². The predicted octanol–water partition coefficient (Wildman–Crippen LogP) is 3.58. The van der Waals surface area contributed by atoms with Crippen LogP contribution in [0.15, 0.2) is 48.7 Å². The number of halogens is 1. The average molecular weight is 463 g/mol. The molecule has 0 spiro atoms. The molecule has 2 unspecified atom stereocenters. The quantitative estimate of drug-likeness (QED) is 0.517. The van der Waals surface area contributed by atoms with E-state index in [1.807, 2.05) is 18.2 Å². The molecular formula is C24H35FN4O2S. The normalized spacial score (nSPS) is 17.4. The lowest BCUT2D eigenvalue weighted by Crippen LogP contribution is -2.54. The molecule has 8 heteroatoms. The van der Waals surface area contributed by atoms with Gasteiger partial charge in [-0.05, 0) is 36.2 Å². The van der Waals surface area contributed by atoms with E-state index in [0.717, 1.165) is 43.6 Å². The van der Waals surface area contributed by atoms with Crippen molar-refractivity contribution in [3.05, 3.63) is 65.7 Å². The van der Waals surface area contributed by atoms with E-state index < -0.39 is 21.4 Å². The third-order valence-electron chi connectivity index (χ3n) is 6.18. The molecule has 0 bridgehead atoms. The Morgan fingerprint density at radius 3 is 2.47 bits per heavy atom. The minimum Gasteiger partial charge on any atom is -0.314 e. The number of rotatable bonds is 11. The Kier molecular flexibility index (Phi) is 9.16. The van der Waals surface area contributed by atoms with Crippen molar-refractivity contribution >= 4 is 10.0 Å². The molecule has 1 saturated heterocycles. The van der Waals surface area contributed by atoms with Crippen molar-refractivity contribution in [1.29, 1.82) is 0 Å². The number of sulfonamides is 1. The van der Waals surface area contributed by atoms with Gasteiger partial charge in [-0.1, -0.05) is 44.4 Å². The number of hydrogen-bond acceptors (Lipinski definition) is 5. The average Bonchev–Trinajstić information content (AvgIpc) is 2.81. The number of pyridine rings is 1. The second-order valence-electron chi connectivity index (χ2n) is 8.39. The van der Waals surface area contributed by atoms with Crippen molar-refractivity contribution in [2.45, 2.75) is 50.4 Å². The summed E-state index contributed by atoms with van der Waals surface area (Å²) in [6.07, 6.45) is 5.67. The summed E-state index contributed by atoms with van der Waals surface area (Å²) < 4.78 is 43.0. The molecule has 1 aromatic carbocycles. The molecule has 6 nitrogen and oxygen atoms in total. The fraction of sp³-hybridized carbons (Fsp3) is 0.542. The highest BCUT2D eigenvalue weighted by Crippen LogP contribution is 2.30. The molecule has 0 amide bonds. The summed E-state index contributed by atoms with van der Waals surface area (Å²) in [6, 6.07) is 11.3. The number of benzene rings is 1. The van der Waals surface area contributed by atoms with Crippen LogP contribution >= 0.6 is 0 Å². The van der Waals surface area contributed by atoms with Crippen LogP contribution in [0.2, 0.25) is 0 Å². The molecule has 1 aliphatic heterocycles. The predicted molar refractivity (Wildman–Crippen MR) is 126 cm³/mol. The highest BCUT2D eigenvalue weighted by atomic mass is 32.2. The zero-order valence-electron chi connectivity index (χ0n) is 19.1. The summed E-state index contributed by atoms with van der Waals surface area (Å²) in [4.78, 5) is 6.50. The summed E-state index contributed by atoms with van der Waals surface area (Å²) >= 11 is 0. The first-order valence-electron chi connectivity index (χ1n) is 11.5. The third kappa shape index (κ3) is 6.34. The minimum absolute atomic E-state index is 0.339. The van der Waals surface area contributed by atoms with Gasteiger partial charge in [-0.25, -0.2) is 12.8 Å². The third-order valence-corrected chi connectivity index (χ3v) is 8.46. The highest BCUT2D eigenvalue weighted by molar-refractivity contribution is 7.89. The first-order chi connectivity index (χ1) is 15.4. The summed E-state index contributed by atoms with van der Waals surface area (Å²) in [7, 11) is -1.99. The van der Waals surface area contributed by atoms with Crippen molar-refractivity contribution in [2.24, 2.45) is 0 Å². The topological polar surface area (TPSA) is 65.5 Å². The van der Waals surface area contributed by atoms with E-state index in [0.29, 0.717) is 25.9 Å². The minimum atomic E-state index is -3.65. The van der Waals surface area contributed by atoms with Gasteiger partial charge >= 0.3 is 0 Å². The van der Waals surface area contributed by atoms with Crippen LogP contribution in [0, 0.1) is 5.82 Å². The van der Waals surface area contributed by atoms with Crippen molar-refractivity contribution in [2.75, 3.05) is 33.2 Å². The smallest absolute Gasteiger partial charge is 0.230 e. The standard InChI is InChI=1S/C24H35FN4O2S/c1-3-4-5-9-24(29-17-15-26-16-18-29)32(30,31)28(2)23(19-22-8-6-7-14-27-22)20-10-12-21(25)13-11-20/h6-8,10-14,23-24,26H,3-5,9,15-19H2,1-2H3. The summed E-state index contributed by atoms with van der Waals surface area (Å²) in [5.74, 6) is -0.339. The lowest BCUT2D eigenvalue weighted by Gasteiger charge is -2.38. The Morgan fingerprint density at radius 2 is 1.84 bits per heavy atom. The van der Waals surface area contributed by atoms with Gasteiger partial charge in [-0.15, -0.1) is 0 Å². The SMILES string of the molecule is CCCCCC(N1CCNCC1)S(=O)(=O)N(C)C(Cc1ccccn1)c1ccc(F)cc1. The largest absolute Gasteiger partial charge is 0.314 e. The van der Waals surface area contributed by atoms with Crippen LogP contribution in [-0.4, -0.2) is 61.2 Å². The number of nitrogens with one attached hydrogen (secondary N) is 1. The van der Waals surface area contributed by atoms with Gasteiger partial charge in [-0.3, -0.25) is 9.88 Å². The zero-order chi connectivity index (χ0) is 23.0. The van der Waals surface area contributed by atoms with Crippen LogP contribution in [0.25, 0.3) is 0 Å². The van der Waals surface area contributed by atoms with E-state index in [9.17, 15) is 12.8 Å². The summed E-state index contributed by atoms with van der Waals surface area (Å²) in [5, 5.41) is 2.75. The van der Waals surface area contributed by atoms with Gasteiger partial charge in [0.15, 0.2) is 0 Å². The van der Waals surface area contributed by atoms with Gasteiger partial charge in [-0.2, -0.15) is 4.31 Å². The summed E-state index contributed by atoms with van der Waals surface area (Å²) in [6.45, 7) is 5.13. The molecular weight excluding hydrogens is 427 g/mol. The fourth-order valence-electron chi connectivity index (χ4n) is 4.29. The lowest BCUT2D eigenvalue weighted by molar-refractivity contribution is 0.199. The van der Waals surface area contributed by atoms with Gasteiger partial charge in [0.2, 0.25) is 10.0 Å². The molecule has 3 rings (SSSR count). The van der Waals surface area contributed by atoms with E-state index in [4.69, 9.17) is 0 Å². The number of aromatic nitrogens is 1. The molecule has 0 saturated carbocycles. The number of unbranched alkanes of at least 4 members (excludes halogenated alkanes) is 2. The van der Waals surface area contributed by atoms with E-state index in [1.54, 1.807) is 25.4 Å². The van der Waals surface area contributed by atoms with Crippen LogP contribution < -0.4 is 5.32 Å². The molecule has 176 valence electrons. The fourth-order valence-corrected chi connectivity index (χ4v) is 6.27. The maximum absolute atomic E-state index is 14.0. The van der Waals surface area contributed by atoms with Crippen molar-refractivity contribution in [3.63, 3.8) is 0 Å². The Morgan fingerprint density at radius 1 is 1.12 bits per heavy atom. The maximum atomic E-state index is 14.0. The van der Waals surface area contributed by atoms with E-state index in [1.165, 1.54) is 16.4 Å². The molecule has 1 aliphatic rings. The van der Waals surface area contributed by atoms with Gasteiger partial charge in [0.05, 0.1) is 6.04 Å². The van der Waals surface area contributed by atoms with E-state index in [-0.39, 0.29) is 5.82 Å². The van der Waals surface area contributed by atoms with Gasteiger partial charge < -0.3 is 5.32 Å². The van der Waals surface area contributed by atoms with E-state index >= 15 is 0 Å². The van der Waals surface area contributed by atoms with Gasteiger partial charge in [0, 0.05) is 51.5 Å². The summed E-state index contributed by atoms with van der Waals surface area (Å²) in [5.41, 5.74) is 1.56. The van der Waals surface area contributed by atoms with Crippen LogP contribution in [0.4, 0.5) is 4.39 Å². The Hall–Kier alpha value is -1.87. The van der Waals surface area contributed by atoms with Gasteiger partial charge in [0.1, 0.15) is 11.2 Å². The Bertz CT molecular complexity index is 919. The number of likely N-dealkylation sites (N-methyl/N-ethyl adjacent to an activating group) is 1. The molecule has 1 fully saturated rings. The van der Waals surface area contributed by atoms with Crippen molar-refractivity contribution in [1.82, 2.24) is 19.5 Å². The van der Waals surface area contributed by atoms with Crippen LogP contribution in [0.3, 0.4) is 0 Å². The van der Waals surface area contributed by atoms with Crippen LogP contribution in [0.5, 0.6) is 0 Å².